The highest BCUT2D eigenvalue weighted by Gasteiger charge is 2.19. The van der Waals surface area contributed by atoms with E-state index in [0.717, 1.165) is 0 Å². The molecule has 0 N–H and O–H groups in total. The molecule has 0 heterocycles. The summed E-state index contributed by atoms with van der Waals surface area (Å²) in [7, 11) is 4.36. The van der Waals surface area contributed by atoms with Crippen LogP contribution in [0.4, 0.5) is 5.69 Å². The van der Waals surface area contributed by atoms with Crippen molar-refractivity contribution >= 4 is 5.69 Å². The van der Waals surface area contributed by atoms with Crippen LogP contribution >= 0.6 is 0 Å². The lowest BCUT2D eigenvalue weighted by Crippen LogP contribution is -2.02. The zero-order valence-corrected chi connectivity index (χ0v) is 10.5. The van der Waals surface area contributed by atoms with Crippen molar-refractivity contribution in [3.05, 3.63) is 27.8 Å². The normalized spacial score (nSPS) is 10.2. The van der Waals surface area contributed by atoms with E-state index in [9.17, 15) is 10.1 Å². The third-order valence-corrected chi connectivity index (χ3v) is 2.24. The molecule has 1 rings (SSSR count). The van der Waals surface area contributed by atoms with Gasteiger partial charge in [0.15, 0.2) is 11.5 Å². The summed E-state index contributed by atoms with van der Waals surface area (Å²) in [4.78, 5) is 10.5. The number of methoxy groups -OCH3 is 3. The predicted molar refractivity (Wildman–Crippen MR) is 62.9 cm³/mol. The third kappa shape index (κ3) is 3.31. The monoisotopic (exact) mass is 257 g/mol. The number of hydrogen-bond donors (Lipinski definition) is 0. The minimum Gasteiger partial charge on any atom is -0.493 e. The van der Waals surface area contributed by atoms with E-state index in [1.54, 1.807) is 0 Å². The van der Waals surface area contributed by atoms with Gasteiger partial charge < -0.3 is 18.9 Å². The summed E-state index contributed by atoms with van der Waals surface area (Å²) in [6.07, 6.45) is 0. The van der Waals surface area contributed by atoms with Crippen LogP contribution in [0.15, 0.2) is 12.1 Å². The molecule has 1 aromatic carbocycles. The van der Waals surface area contributed by atoms with Crippen LogP contribution < -0.4 is 9.47 Å². The molecule has 0 amide bonds. The Morgan fingerprint density at radius 1 is 1.17 bits per heavy atom. The third-order valence-electron chi connectivity index (χ3n) is 2.24. The fourth-order valence-corrected chi connectivity index (χ4v) is 1.43. The minimum atomic E-state index is -0.493. The summed E-state index contributed by atoms with van der Waals surface area (Å²) >= 11 is 0. The van der Waals surface area contributed by atoms with Crippen LogP contribution in [0.2, 0.25) is 0 Å². The number of rotatable bonds is 7. The molecule has 0 aliphatic carbocycles. The van der Waals surface area contributed by atoms with E-state index in [4.69, 9.17) is 18.9 Å². The SMILES string of the molecule is COCOCc1cc(OC)c(OC)cc1[N+](=O)[O-]. The number of nitrogens with zero attached hydrogens (tertiary/aromatic N) is 1. The number of hydrogen-bond acceptors (Lipinski definition) is 6. The molecule has 7 nitrogen and oxygen atoms in total. The molecule has 0 atom stereocenters. The number of benzene rings is 1. The van der Waals surface area contributed by atoms with Gasteiger partial charge in [0.1, 0.15) is 6.79 Å². The van der Waals surface area contributed by atoms with Crippen LogP contribution in [0.3, 0.4) is 0 Å². The highest BCUT2D eigenvalue weighted by atomic mass is 16.7. The Hall–Kier alpha value is -1.86. The quantitative estimate of drug-likeness (QED) is 0.320. The zero-order valence-electron chi connectivity index (χ0n) is 10.5. The van der Waals surface area contributed by atoms with Crippen molar-refractivity contribution in [1.29, 1.82) is 0 Å². The lowest BCUT2D eigenvalue weighted by atomic mass is 10.1. The summed E-state index contributed by atoms with van der Waals surface area (Å²) in [6.45, 7) is 0.121. The topological polar surface area (TPSA) is 80.1 Å². The summed E-state index contributed by atoms with van der Waals surface area (Å²) in [6, 6.07) is 2.83. The van der Waals surface area contributed by atoms with E-state index in [-0.39, 0.29) is 19.1 Å². The Morgan fingerprint density at radius 2 is 1.78 bits per heavy atom. The summed E-state index contributed by atoms with van der Waals surface area (Å²) in [5.74, 6) is 0.721. The van der Waals surface area contributed by atoms with Crippen LogP contribution in [0.25, 0.3) is 0 Å². The molecule has 0 radical (unpaired) electrons. The number of nitro benzene ring substituents is 1. The van der Waals surface area contributed by atoms with Crippen LogP contribution in [0.1, 0.15) is 5.56 Å². The Morgan fingerprint density at radius 3 is 2.28 bits per heavy atom. The van der Waals surface area contributed by atoms with Gasteiger partial charge in [-0.1, -0.05) is 0 Å². The van der Waals surface area contributed by atoms with Gasteiger partial charge in [-0.25, -0.2) is 0 Å². The van der Waals surface area contributed by atoms with Gasteiger partial charge in [-0.15, -0.1) is 0 Å². The largest absolute Gasteiger partial charge is 0.493 e. The van der Waals surface area contributed by atoms with Crippen LogP contribution in [-0.4, -0.2) is 33.0 Å². The average Bonchev–Trinajstić information content (AvgIpc) is 2.38. The number of ether oxygens (including phenoxy) is 4. The van der Waals surface area contributed by atoms with E-state index in [1.807, 2.05) is 0 Å². The Labute approximate surface area is 104 Å². The lowest BCUT2D eigenvalue weighted by Gasteiger charge is -2.10. The molecule has 0 saturated heterocycles. The van der Waals surface area contributed by atoms with Gasteiger partial charge in [0, 0.05) is 7.11 Å². The molecular formula is C11H15NO6. The molecule has 100 valence electrons. The molecule has 0 aliphatic rings. The van der Waals surface area contributed by atoms with Gasteiger partial charge in [0.2, 0.25) is 0 Å². The molecular weight excluding hydrogens is 242 g/mol. The Kier molecular flexibility index (Phi) is 5.34. The fraction of sp³-hybridized carbons (Fsp3) is 0.455. The molecule has 1 aromatic rings. The summed E-state index contributed by atoms with van der Waals surface area (Å²) in [5.41, 5.74) is 0.318. The summed E-state index contributed by atoms with van der Waals surface area (Å²) < 4.78 is 19.9. The molecule has 0 unspecified atom stereocenters. The zero-order chi connectivity index (χ0) is 13.5. The van der Waals surface area contributed by atoms with Crippen molar-refractivity contribution in [2.24, 2.45) is 0 Å². The first-order chi connectivity index (χ1) is 8.63. The Balaban J connectivity index is 3.08. The fourth-order valence-electron chi connectivity index (χ4n) is 1.43. The van der Waals surface area contributed by atoms with Gasteiger partial charge >= 0.3 is 0 Å². The second-order valence-corrected chi connectivity index (χ2v) is 3.35. The second kappa shape index (κ2) is 6.77. The van der Waals surface area contributed by atoms with Gasteiger partial charge in [-0.3, -0.25) is 10.1 Å². The van der Waals surface area contributed by atoms with Gasteiger partial charge in [-0.2, -0.15) is 0 Å². The van der Waals surface area contributed by atoms with E-state index in [1.165, 1.54) is 33.5 Å². The van der Waals surface area contributed by atoms with Crippen molar-refractivity contribution in [3.8, 4) is 11.5 Å². The molecule has 18 heavy (non-hydrogen) atoms. The highest BCUT2D eigenvalue weighted by molar-refractivity contribution is 5.54. The lowest BCUT2D eigenvalue weighted by molar-refractivity contribution is -0.386. The van der Waals surface area contributed by atoms with E-state index < -0.39 is 4.92 Å². The van der Waals surface area contributed by atoms with Crippen LogP contribution in [0, 0.1) is 10.1 Å². The number of nitro groups is 1. The molecule has 0 aliphatic heterocycles. The summed E-state index contributed by atoms with van der Waals surface area (Å²) in [5, 5.41) is 10.9. The van der Waals surface area contributed by atoms with Crippen molar-refractivity contribution in [3.63, 3.8) is 0 Å². The molecule has 0 aromatic heterocycles. The van der Waals surface area contributed by atoms with Crippen molar-refractivity contribution in [2.45, 2.75) is 6.61 Å². The van der Waals surface area contributed by atoms with Gasteiger partial charge in [-0.05, 0) is 6.07 Å². The molecule has 7 heteroatoms. The maximum Gasteiger partial charge on any atom is 0.278 e. The maximum absolute atomic E-state index is 10.9. The van der Waals surface area contributed by atoms with E-state index in [0.29, 0.717) is 17.1 Å². The van der Waals surface area contributed by atoms with Crippen LogP contribution in [0.5, 0.6) is 11.5 Å². The van der Waals surface area contributed by atoms with E-state index in [2.05, 4.69) is 0 Å². The molecule has 0 spiro atoms. The smallest absolute Gasteiger partial charge is 0.278 e. The molecule has 0 fully saturated rings. The van der Waals surface area contributed by atoms with Crippen molar-refractivity contribution in [1.82, 2.24) is 0 Å². The highest BCUT2D eigenvalue weighted by Crippen LogP contribution is 2.34. The average molecular weight is 257 g/mol. The van der Waals surface area contributed by atoms with E-state index >= 15 is 0 Å². The first-order valence-electron chi connectivity index (χ1n) is 5.10. The predicted octanol–water partition coefficient (Wildman–Crippen LogP) is 1.73. The standard InChI is InChI=1S/C11H15NO6/c1-15-7-18-6-8-4-10(16-2)11(17-3)5-9(8)12(13)14/h4-5H,6-7H2,1-3H3. The van der Waals surface area contributed by atoms with Crippen molar-refractivity contribution in [2.75, 3.05) is 28.1 Å². The first kappa shape index (κ1) is 14.2. The van der Waals surface area contributed by atoms with Crippen molar-refractivity contribution < 1.29 is 23.9 Å². The Bertz CT molecular complexity index is 420. The minimum absolute atomic E-state index is 0.0600. The molecule has 0 saturated carbocycles. The molecule has 0 bridgehead atoms. The first-order valence-corrected chi connectivity index (χ1v) is 5.10. The van der Waals surface area contributed by atoms with Crippen LogP contribution in [-0.2, 0) is 16.1 Å². The van der Waals surface area contributed by atoms with Gasteiger partial charge in [0.25, 0.3) is 5.69 Å². The maximum atomic E-state index is 10.9. The van der Waals surface area contributed by atoms with Gasteiger partial charge in [0.05, 0.1) is 37.4 Å². The second-order valence-electron chi connectivity index (χ2n) is 3.35.